The van der Waals surface area contributed by atoms with Crippen LogP contribution < -0.4 is 5.43 Å². The Hall–Kier alpha value is -0.730. The first-order chi connectivity index (χ1) is 10.9. The summed E-state index contributed by atoms with van der Waals surface area (Å²) in [5.41, 5.74) is 2.80. The van der Waals surface area contributed by atoms with E-state index >= 15 is 0 Å². The molecule has 0 heterocycles. The number of non-ortho nitro benzene ring substituents is 1. The van der Waals surface area contributed by atoms with Crippen LogP contribution in [0.4, 0.5) is 5.69 Å². The Labute approximate surface area is 144 Å². The summed E-state index contributed by atoms with van der Waals surface area (Å²) in [6.45, 7) is 0. The Morgan fingerprint density at radius 3 is 2.17 bits per heavy atom. The zero-order chi connectivity index (χ0) is 17.5. The van der Waals surface area contributed by atoms with E-state index in [4.69, 9.17) is 36.8 Å². The molecule has 0 spiro atoms. The average Bonchev–Trinajstić information content (AvgIpc) is 2.56. The lowest BCUT2D eigenvalue weighted by Crippen LogP contribution is -2.20. The van der Waals surface area contributed by atoms with Gasteiger partial charge < -0.3 is 13.6 Å². The Balaban J connectivity index is 2.67. The number of alkyl halides is 2. The fourth-order valence-corrected chi connectivity index (χ4v) is 3.34. The molecule has 1 aromatic rings. The molecule has 0 saturated carbocycles. The third-order valence-corrected chi connectivity index (χ3v) is 5.34. The second-order valence-electron chi connectivity index (χ2n) is 4.26. The van der Waals surface area contributed by atoms with Gasteiger partial charge in [-0.1, -0.05) is 12.1 Å². The van der Waals surface area contributed by atoms with E-state index in [1.54, 1.807) is 12.1 Å². The van der Waals surface area contributed by atoms with Gasteiger partial charge in [0.1, 0.15) is 5.50 Å². The summed E-state index contributed by atoms with van der Waals surface area (Å²) in [5.74, 6) is 0. The van der Waals surface area contributed by atoms with Gasteiger partial charge in [0.15, 0.2) is 0 Å². The van der Waals surface area contributed by atoms with Crippen LogP contribution in [0.5, 0.6) is 0 Å². The molecule has 1 aromatic carbocycles. The zero-order valence-corrected chi connectivity index (χ0v) is 15.2. The van der Waals surface area contributed by atoms with Crippen LogP contribution in [0.2, 0.25) is 0 Å². The Kier molecular flexibility index (Phi) is 8.42. The van der Waals surface area contributed by atoms with E-state index in [0.717, 1.165) is 5.56 Å². The van der Waals surface area contributed by atoms with Crippen LogP contribution >= 0.6 is 30.9 Å². The van der Waals surface area contributed by atoms with Gasteiger partial charge in [0.2, 0.25) is 0 Å². The molecule has 0 bridgehead atoms. The van der Waals surface area contributed by atoms with Gasteiger partial charge in [-0.3, -0.25) is 10.1 Å². The quantitative estimate of drug-likeness (QED) is 0.225. The van der Waals surface area contributed by atoms with Crippen molar-refractivity contribution in [1.29, 1.82) is 0 Å². The summed E-state index contributed by atoms with van der Waals surface area (Å²) in [6.07, 6.45) is 0.321. The summed E-state index contributed by atoms with van der Waals surface area (Å²) in [7, 11) is 1.43. The van der Waals surface area contributed by atoms with E-state index < -0.39 is 23.5 Å². The van der Waals surface area contributed by atoms with Crippen molar-refractivity contribution < 1.29 is 18.5 Å². The van der Waals surface area contributed by atoms with Crippen molar-refractivity contribution >= 4 is 36.6 Å². The van der Waals surface area contributed by atoms with E-state index in [1.807, 2.05) is 0 Å². The van der Waals surface area contributed by atoms with Gasteiger partial charge in [0.25, 0.3) is 5.69 Å². The van der Waals surface area contributed by atoms with Crippen molar-refractivity contribution in [2.24, 2.45) is 4.85 Å². The summed E-state index contributed by atoms with van der Waals surface area (Å²) < 4.78 is 15.3. The zero-order valence-electron chi connectivity index (χ0n) is 12.8. The molecule has 1 rings (SSSR count). The molecular formula is C12H18Cl2N3O5P. The van der Waals surface area contributed by atoms with Crippen molar-refractivity contribution in [3.05, 3.63) is 39.9 Å². The summed E-state index contributed by atoms with van der Waals surface area (Å²) in [4.78, 5) is 14.2. The van der Waals surface area contributed by atoms with Gasteiger partial charge in [-0.2, -0.15) is 5.43 Å². The lowest BCUT2D eigenvalue weighted by atomic mass is 10.1. The third kappa shape index (κ3) is 6.00. The second-order valence-corrected chi connectivity index (χ2v) is 7.55. The van der Waals surface area contributed by atoms with Gasteiger partial charge in [0, 0.05) is 33.5 Å². The van der Waals surface area contributed by atoms with E-state index in [2.05, 4.69) is 10.3 Å². The monoisotopic (exact) mass is 385 g/mol. The van der Waals surface area contributed by atoms with Gasteiger partial charge in [0.05, 0.1) is 10.3 Å². The maximum absolute atomic E-state index is 10.6. The third-order valence-electron chi connectivity index (χ3n) is 2.89. The number of nitrogens with one attached hydrogen (secondary N) is 1. The SMILES string of the molecule is COP(=NNC(Cl)CC(Cl)c1ccc([N+](=O)[O-])cc1)(OC)OC. The molecule has 2 atom stereocenters. The van der Waals surface area contributed by atoms with Crippen LogP contribution in [0.1, 0.15) is 17.4 Å². The van der Waals surface area contributed by atoms with Crippen molar-refractivity contribution in [3.8, 4) is 0 Å². The highest BCUT2D eigenvalue weighted by Gasteiger charge is 2.20. The molecule has 0 aliphatic rings. The van der Waals surface area contributed by atoms with Crippen molar-refractivity contribution in [2.45, 2.75) is 17.3 Å². The van der Waals surface area contributed by atoms with Crippen LogP contribution in [0, 0.1) is 10.1 Å². The van der Waals surface area contributed by atoms with Crippen LogP contribution in [-0.4, -0.2) is 31.8 Å². The van der Waals surface area contributed by atoms with Crippen LogP contribution in [0.25, 0.3) is 0 Å². The molecule has 0 fully saturated rings. The molecule has 0 amide bonds. The van der Waals surface area contributed by atoms with E-state index in [9.17, 15) is 10.1 Å². The lowest BCUT2D eigenvalue weighted by molar-refractivity contribution is -0.384. The van der Waals surface area contributed by atoms with Gasteiger partial charge in [-0.05, 0) is 12.0 Å². The van der Waals surface area contributed by atoms with Gasteiger partial charge in [-0.15, -0.1) is 28.1 Å². The maximum Gasteiger partial charge on any atom is 0.371 e. The fraction of sp³-hybridized carbons (Fsp3) is 0.500. The van der Waals surface area contributed by atoms with E-state index in [0.29, 0.717) is 6.42 Å². The Bertz CT molecular complexity index is 553. The highest BCUT2D eigenvalue weighted by molar-refractivity contribution is 7.51. The molecule has 2 unspecified atom stereocenters. The molecule has 0 radical (unpaired) electrons. The topological polar surface area (TPSA) is 95.2 Å². The number of rotatable bonds is 9. The second kappa shape index (κ2) is 9.54. The molecule has 0 aliphatic heterocycles. The molecule has 130 valence electrons. The van der Waals surface area contributed by atoms with Crippen molar-refractivity contribution in [1.82, 2.24) is 5.43 Å². The summed E-state index contributed by atoms with van der Waals surface area (Å²) in [5, 5.41) is 10.2. The van der Waals surface area contributed by atoms with Crippen molar-refractivity contribution in [3.63, 3.8) is 0 Å². The first-order valence-electron chi connectivity index (χ1n) is 6.44. The fourth-order valence-electron chi connectivity index (χ4n) is 1.65. The first kappa shape index (κ1) is 20.3. The standard InChI is InChI=1S/C12H18Cl2N3O5P/c1-20-23(21-2,22-3)16-15-12(14)8-11(13)9-4-6-10(7-5-9)17(18)19/h4-7,11-12,15H,8H2,1-3H3. The summed E-state index contributed by atoms with van der Waals surface area (Å²) in [6, 6.07) is 5.97. The molecule has 23 heavy (non-hydrogen) atoms. The largest absolute Gasteiger partial charge is 0.371 e. The molecule has 0 aromatic heterocycles. The molecule has 1 N–H and O–H groups in total. The van der Waals surface area contributed by atoms with Crippen LogP contribution in [0.15, 0.2) is 29.1 Å². The number of hydrogen-bond acceptors (Lipinski definition) is 6. The lowest BCUT2D eigenvalue weighted by Gasteiger charge is -2.19. The number of halogens is 2. The predicted molar refractivity (Wildman–Crippen MR) is 89.5 cm³/mol. The molecule has 8 nitrogen and oxygen atoms in total. The molecule has 0 aliphatic carbocycles. The smallest absolute Gasteiger partial charge is 0.305 e. The average molecular weight is 386 g/mol. The molecular weight excluding hydrogens is 368 g/mol. The number of benzene rings is 1. The predicted octanol–water partition coefficient (Wildman–Crippen LogP) is 4.22. The molecule has 0 saturated heterocycles. The van der Waals surface area contributed by atoms with Crippen LogP contribution in [0.3, 0.4) is 0 Å². The Morgan fingerprint density at radius 2 is 1.74 bits per heavy atom. The maximum atomic E-state index is 10.6. The minimum atomic E-state index is -2.81. The minimum Gasteiger partial charge on any atom is -0.305 e. The van der Waals surface area contributed by atoms with E-state index in [-0.39, 0.29) is 5.69 Å². The Morgan fingerprint density at radius 1 is 1.22 bits per heavy atom. The van der Waals surface area contributed by atoms with Crippen LogP contribution in [-0.2, 0) is 13.6 Å². The number of nitro benzene ring substituents is 1. The van der Waals surface area contributed by atoms with E-state index in [1.165, 1.54) is 33.5 Å². The van der Waals surface area contributed by atoms with Gasteiger partial charge in [-0.25, -0.2) is 0 Å². The number of nitro groups is 1. The van der Waals surface area contributed by atoms with Crippen molar-refractivity contribution in [2.75, 3.05) is 21.3 Å². The normalized spacial score (nSPS) is 14.3. The summed E-state index contributed by atoms with van der Waals surface area (Å²) >= 11 is 12.4. The molecule has 11 heteroatoms. The highest BCUT2D eigenvalue weighted by Crippen LogP contribution is 2.50. The van der Waals surface area contributed by atoms with Gasteiger partial charge >= 0.3 is 7.74 Å². The highest BCUT2D eigenvalue weighted by atomic mass is 35.5. The number of nitrogens with zero attached hydrogens (tertiary/aromatic N) is 2. The number of hydrogen-bond donors (Lipinski definition) is 1. The first-order valence-corrected chi connectivity index (χ1v) is 8.80. The minimum absolute atomic E-state index is 0.00281.